The Bertz CT molecular complexity index is 351. The summed E-state index contributed by atoms with van der Waals surface area (Å²) in [6.07, 6.45) is 8.02. The van der Waals surface area contributed by atoms with Gasteiger partial charge in [0.1, 0.15) is 5.82 Å². The fourth-order valence-electron chi connectivity index (χ4n) is 2.76. The summed E-state index contributed by atoms with van der Waals surface area (Å²) in [5.41, 5.74) is 7.47. The topological polar surface area (TPSA) is 55.9 Å². The van der Waals surface area contributed by atoms with Crippen molar-refractivity contribution in [3.8, 4) is 0 Å². The van der Waals surface area contributed by atoms with E-state index in [9.17, 15) is 0 Å². The molecule has 82 valence electrons. The second kappa shape index (κ2) is 3.61. The van der Waals surface area contributed by atoms with Crippen LogP contribution in [0, 0.1) is 0 Å². The molecule has 1 saturated heterocycles. The van der Waals surface area contributed by atoms with E-state index in [4.69, 9.17) is 5.73 Å². The van der Waals surface area contributed by atoms with Gasteiger partial charge >= 0.3 is 0 Å². The minimum Gasteiger partial charge on any atom is -0.315 e. The number of aromatic nitrogens is 2. The summed E-state index contributed by atoms with van der Waals surface area (Å²) in [7, 11) is 0. The van der Waals surface area contributed by atoms with E-state index in [0.29, 0.717) is 6.04 Å². The molecule has 1 fully saturated rings. The van der Waals surface area contributed by atoms with Crippen LogP contribution in [0.2, 0.25) is 0 Å². The molecule has 0 saturated carbocycles. The zero-order chi connectivity index (χ0) is 10.3. The van der Waals surface area contributed by atoms with E-state index in [0.717, 1.165) is 25.2 Å². The SMILES string of the molecule is NC1CCCc2cnc(C3CCCN3)n21. The Morgan fingerprint density at radius 3 is 3.13 bits per heavy atom. The number of nitrogens with one attached hydrogen (secondary N) is 1. The van der Waals surface area contributed by atoms with E-state index in [-0.39, 0.29) is 6.17 Å². The van der Waals surface area contributed by atoms with Gasteiger partial charge in [0, 0.05) is 11.9 Å². The van der Waals surface area contributed by atoms with Crippen molar-refractivity contribution in [2.24, 2.45) is 5.73 Å². The van der Waals surface area contributed by atoms with Crippen molar-refractivity contribution in [3.63, 3.8) is 0 Å². The first kappa shape index (κ1) is 9.36. The van der Waals surface area contributed by atoms with Gasteiger partial charge in [-0.3, -0.25) is 0 Å². The number of nitrogens with zero attached hydrogens (tertiary/aromatic N) is 2. The first-order valence-corrected chi connectivity index (χ1v) is 5.91. The summed E-state index contributed by atoms with van der Waals surface area (Å²) < 4.78 is 2.26. The van der Waals surface area contributed by atoms with Crippen molar-refractivity contribution >= 4 is 0 Å². The molecule has 0 radical (unpaired) electrons. The molecule has 2 unspecified atom stereocenters. The lowest BCUT2D eigenvalue weighted by atomic mass is 10.1. The van der Waals surface area contributed by atoms with Crippen LogP contribution in [0.1, 0.15) is 49.4 Å². The molecule has 3 rings (SSSR count). The highest BCUT2D eigenvalue weighted by molar-refractivity contribution is 5.13. The third-order valence-electron chi connectivity index (χ3n) is 3.54. The zero-order valence-electron chi connectivity index (χ0n) is 8.95. The maximum atomic E-state index is 6.15. The normalized spacial score (nSPS) is 30.5. The lowest BCUT2D eigenvalue weighted by Crippen LogP contribution is -2.29. The summed E-state index contributed by atoms with van der Waals surface area (Å²) >= 11 is 0. The van der Waals surface area contributed by atoms with E-state index < -0.39 is 0 Å². The lowest BCUT2D eigenvalue weighted by Gasteiger charge is -2.25. The Morgan fingerprint density at radius 1 is 1.40 bits per heavy atom. The average Bonchev–Trinajstić information content (AvgIpc) is 2.85. The molecule has 15 heavy (non-hydrogen) atoms. The maximum absolute atomic E-state index is 6.15. The third-order valence-corrected chi connectivity index (χ3v) is 3.54. The second-order valence-corrected chi connectivity index (χ2v) is 4.59. The molecule has 0 aliphatic carbocycles. The van der Waals surface area contributed by atoms with E-state index >= 15 is 0 Å². The van der Waals surface area contributed by atoms with Crippen LogP contribution in [0.3, 0.4) is 0 Å². The highest BCUT2D eigenvalue weighted by atomic mass is 15.2. The number of imidazole rings is 1. The number of hydrogen-bond donors (Lipinski definition) is 2. The number of rotatable bonds is 1. The van der Waals surface area contributed by atoms with Crippen molar-refractivity contribution in [3.05, 3.63) is 17.7 Å². The van der Waals surface area contributed by atoms with Crippen LogP contribution in [0.15, 0.2) is 6.20 Å². The molecule has 0 aromatic carbocycles. The minimum absolute atomic E-state index is 0.147. The van der Waals surface area contributed by atoms with Crippen LogP contribution in [0.5, 0.6) is 0 Å². The van der Waals surface area contributed by atoms with Gasteiger partial charge in [0.15, 0.2) is 0 Å². The van der Waals surface area contributed by atoms with Gasteiger partial charge in [0.05, 0.1) is 12.2 Å². The number of aryl methyl sites for hydroxylation is 1. The molecule has 0 amide bonds. The number of fused-ring (bicyclic) bond motifs is 1. The lowest BCUT2D eigenvalue weighted by molar-refractivity contribution is 0.386. The smallest absolute Gasteiger partial charge is 0.127 e. The Balaban J connectivity index is 1.97. The molecule has 4 heteroatoms. The maximum Gasteiger partial charge on any atom is 0.127 e. The van der Waals surface area contributed by atoms with Gasteiger partial charge in [-0.15, -0.1) is 0 Å². The molecule has 2 aliphatic heterocycles. The Hall–Kier alpha value is -0.870. The summed E-state index contributed by atoms with van der Waals surface area (Å²) in [5.74, 6) is 1.16. The molecule has 1 aromatic rings. The molecule has 4 nitrogen and oxygen atoms in total. The van der Waals surface area contributed by atoms with Gasteiger partial charge in [0.25, 0.3) is 0 Å². The molecular formula is C11H18N4. The highest BCUT2D eigenvalue weighted by Crippen LogP contribution is 2.29. The monoisotopic (exact) mass is 206 g/mol. The molecule has 1 aromatic heterocycles. The van der Waals surface area contributed by atoms with E-state index in [2.05, 4.69) is 14.9 Å². The molecule has 2 aliphatic rings. The Labute approximate surface area is 89.9 Å². The van der Waals surface area contributed by atoms with Crippen molar-refractivity contribution in [1.82, 2.24) is 14.9 Å². The largest absolute Gasteiger partial charge is 0.315 e. The van der Waals surface area contributed by atoms with Crippen LogP contribution in [-0.4, -0.2) is 16.1 Å². The minimum atomic E-state index is 0.147. The fraction of sp³-hybridized carbons (Fsp3) is 0.727. The van der Waals surface area contributed by atoms with Crippen LogP contribution < -0.4 is 11.1 Å². The van der Waals surface area contributed by atoms with Gasteiger partial charge in [-0.2, -0.15) is 0 Å². The van der Waals surface area contributed by atoms with E-state index in [1.54, 1.807) is 0 Å². The van der Waals surface area contributed by atoms with Gasteiger partial charge < -0.3 is 15.6 Å². The van der Waals surface area contributed by atoms with Crippen LogP contribution in [0.4, 0.5) is 0 Å². The molecule has 0 bridgehead atoms. The van der Waals surface area contributed by atoms with E-state index in [1.807, 2.05) is 6.20 Å². The van der Waals surface area contributed by atoms with Crippen LogP contribution >= 0.6 is 0 Å². The molecular weight excluding hydrogens is 188 g/mol. The van der Waals surface area contributed by atoms with Gasteiger partial charge in [0.2, 0.25) is 0 Å². The fourth-order valence-corrected chi connectivity index (χ4v) is 2.76. The summed E-state index contributed by atoms with van der Waals surface area (Å²) in [6, 6.07) is 0.433. The molecule has 0 spiro atoms. The van der Waals surface area contributed by atoms with Crippen molar-refractivity contribution < 1.29 is 0 Å². The van der Waals surface area contributed by atoms with Crippen molar-refractivity contribution in [2.45, 2.75) is 44.3 Å². The standard InChI is InChI=1S/C11H18N4/c12-10-5-1-3-8-7-14-11(15(8)10)9-4-2-6-13-9/h7,9-10,13H,1-6,12H2. The summed E-state index contributed by atoms with van der Waals surface area (Å²) in [5, 5.41) is 3.49. The predicted octanol–water partition coefficient (Wildman–Crippen LogP) is 1.10. The van der Waals surface area contributed by atoms with Gasteiger partial charge in [-0.1, -0.05) is 0 Å². The second-order valence-electron chi connectivity index (χ2n) is 4.59. The van der Waals surface area contributed by atoms with E-state index in [1.165, 1.54) is 25.0 Å². The van der Waals surface area contributed by atoms with Crippen molar-refractivity contribution in [1.29, 1.82) is 0 Å². The Morgan fingerprint density at radius 2 is 2.33 bits per heavy atom. The zero-order valence-corrected chi connectivity index (χ0v) is 8.95. The first-order chi connectivity index (χ1) is 7.36. The molecule has 2 atom stereocenters. The summed E-state index contributed by atoms with van der Waals surface area (Å²) in [4.78, 5) is 4.55. The average molecular weight is 206 g/mol. The number of nitrogens with two attached hydrogens (primary N) is 1. The quantitative estimate of drug-likeness (QED) is 0.723. The highest BCUT2D eigenvalue weighted by Gasteiger charge is 2.26. The molecule has 3 heterocycles. The number of hydrogen-bond acceptors (Lipinski definition) is 3. The van der Waals surface area contributed by atoms with Gasteiger partial charge in [-0.05, 0) is 38.6 Å². The predicted molar refractivity (Wildman–Crippen MR) is 58.4 cm³/mol. The van der Waals surface area contributed by atoms with Crippen LogP contribution in [0.25, 0.3) is 0 Å². The molecule has 3 N–H and O–H groups in total. The van der Waals surface area contributed by atoms with Crippen molar-refractivity contribution in [2.75, 3.05) is 6.54 Å². The summed E-state index contributed by atoms with van der Waals surface area (Å²) in [6.45, 7) is 1.11. The Kier molecular flexibility index (Phi) is 2.25. The third kappa shape index (κ3) is 1.48. The van der Waals surface area contributed by atoms with Crippen LogP contribution in [-0.2, 0) is 6.42 Å². The first-order valence-electron chi connectivity index (χ1n) is 5.91. The van der Waals surface area contributed by atoms with Gasteiger partial charge in [-0.25, -0.2) is 4.98 Å².